The molecule has 10 heavy (non-hydrogen) atoms. The molecule has 0 aromatic rings. The zero-order chi connectivity index (χ0) is 7.07. The molecule has 0 aromatic carbocycles. The second kappa shape index (κ2) is 2.76. The summed E-state index contributed by atoms with van der Waals surface area (Å²) in [6.07, 6.45) is 0. The van der Waals surface area contributed by atoms with Crippen LogP contribution in [0.25, 0.3) is 0 Å². The molecule has 4 heteroatoms. The van der Waals surface area contributed by atoms with Gasteiger partial charge in [0.25, 0.3) is 5.91 Å². The molecule has 1 amide bonds. The molecule has 3 nitrogen and oxygen atoms in total. The minimum Gasteiger partial charge on any atom is -1.00 e. The smallest absolute Gasteiger partial charge is 0.273 e. The van der Waals surface area contributed by atoms with Crippen molar-refractivity contribution in [1.82, 2.24) is 5.43 Å². The molecule has 1 saturated heterocycles. The molecule has 60 valence electrons. The Hall–Kier alpha value is -0.280. The summed E-state index contributed by atoms with van der Waals surface area (Å²) in [4.78, 5) is 10.9. The quantitative estimate of drug-likeness (QED) is 0.375. The molecule has 0 bridgehead atoms. The van der Waals surface area contributed by atoms with Crippen LogP contribution < -0.4 is 17.8 Å². The monoisotopic (exact) mass is 164 g/mol. The topological polar surface area (TPSA) is 29.1 Å². The van der Waals surface area contributed by atoms with Crippen molar-refractivity contribution >= 4 is 5.91 Å². The first-order valence-corrected chi connectivity index (χ1v) is 3.16. The number of hydrogen-bond donors (Lipinski definition) is 1. The van der Waals surface area contributed by atoms with E-state index >= 15 is 0 Å². The molecule has 1 N–H and O–H groups in total. The van der Waals surface area contributed by atoms with Crippen LogP contribution in [0, 0.1) is 5.92 Å². The summed E-state index contributed by atoms with van der Waals surface area (Å²) in [7, 11) is 3.98. The summed E-state index contributed by atoms with van der Waals surface area (Å²) >= 11 is 0. The lowest BCUT2D eigenvalue weighted by Gasteiger charge is -2.20. The van der Waals surface area contributed by atoms with Gasteiger partial charge in [0.1, 0.15) is 6.54 Å². The molecule has 0 aliphatic carbocycles. The van der Waals surface area contributed by atoms with Crippen molar-refractivity contribution in [3.05, 3.63) is 0 Å². The molecule has 0 spiro atoms. The van der Waals surface area contributed by atoms with Crippen molar-refractivity contribution in [2.24, 2.45) is 5.92 Å². The van der Waals surface area contributed by atoms with Crippen LogP contribution in [0.4, 0.5) is 0 Å². The van der Waals surface area contributed by atoms with E-state index in [-0.39, 0.29) is 24.2 Å². The Morgan fingerprint density at radius 1 is 1.60 bits per heavy atom. The molecular formula is C6H13ClN2O. The van der Waals surface area contributed by atoms with E-state index in [1.165, 1.54) is 0 Å². The van der Waals surface area contributed by atoms with Gasteiger partial charge in [0.2, 0.25) is 0 Å². The van der Waals surface area contributed by atoms with Gasteiger partial charge in [-0.2, -0.15) is 0 Å². The van der Waals surface area contributed by atoms with E-state index in [9.17, 15) is 4.79 Å². The van der Waals surface area contributed by atoms with Gasteiger partial charge in [-0.05, 0) is 6.92 Å². The molecule has 0 radical (unpaired) electrons. The highest BCUT2D eigenvalue weighted by molar-refractivity contribution is 5.78. The number of rotatable bonds is 0. The Balaban J connectivity index is 0.000000810. The van der Waals surface area contributed by atoms with E-state index in [0.717, 1.165) is 6.54 Å². The van der Waals surface area contributed by atoms with Crippen LogP contribution in [0.3, 0.4) is 0 Å². The molecule has 0 saturated carbocycles. The largest absolute Gasteiger partial charge is 1.00 e. The lowest BCUT2D eigenvalue weighted by atomic mass is 10.2. The first-order chi connectivity index (χ1) is 4.01. The number of amides is 1. The third-order valence-electron chi connectivity index (χ3n) is 1.59. The molecule has 1 atom stereocenters. The van der Waals surface area contributed by atoms with Crippen molar-refractivity contribution in [2.45, 2.75) is 6.92 Å². The zero-order valence-corrected chi connectivity index (χ0v) is 7.27. The predicted octanol–water partition coefficient (Wildman–Crippen LogP) is -3.25. The first kappa shape index (κ1) is 9.72. The van der Waals surface area contributed by atoms with Crippen LogP contribution in [0.5, 0.6) is 0 Å². The maximum absolute atomic E-state index is 10.9. The third kappa shape index (κ3) is 1.85. The van der Waals surface area contributed by atoms with Crippen LogP contribution in [0.15, 0.2) is 0 Å². The van der Waals surface area contributed by atoms with Gasteiger partial charge in [0.15, 0.2) is 0 Å². The SMILES string of the molecule is CC1C[N+](C)(C)NC1=O.[Cl-]. The van der Waals surface area contributed by atoms with Gasteiger partial charge >= 0.3 is 0 Å². The highest BCUT2D eigenvalue weighted by Gasteiger charge is 2.34. The normalized spacial score (nSPS) is 29.1. The van der Waals surface area contributed by atoms with Gasteiger partial charge in [-0.3, -0.25) is 4.79 Å². The lowest BCUT2D eigenvalue weighted by molar-refractivity contribution is -0.917. The Labute approximate surface area is 67.4 Å². The van der Waals surface area contributed by atoms with Crippen molar-refractivity contribution in [2.75, 3.05) is 20.6 Å². The Morgan fingerprint density at radius 2 is 2.10 bits per heavy atom. The summed E-state index contributed by atoms with van der Waals surface area (Å²) in [5, 5.41) is 0. The van der Waals surface area contributed by atoms with Crippen LogP contribution in [0.1, 0.15) is 6.92 Å². The highest BCUT2D eigenvalue weighted by Crippen LogP contribution is 2.10. The van der Waals surface area contributed by atoms with Crippen LogP contribution in [0.2, 0.25) is 0 Å². The van der Waals surface area contributed by atoms with E-state index in [4.69, 9.17) is 0 Å². The summed E-state index contributed by atoms with van der Waals surface area (Å²) in [5.74, 6) is 0.347. The van der Waals surface area contributed by atoms with Gasteiger partial charge in [0.05, 0.1) is 20.0 Å². The van der Waals surface area contributed by atoms with Crippen LogP contribution in [-0.2, 0) is 4.79 Å². The van der Waals surface area contributed by atoms with Crippen LogP contribution in [-0.4, -0.2) is 31.1 Å². The van der Waals surface area contributed by atoms with Crippen molar-refractivity contribution in [1.29, 1.82) is 0 Å². The summed E-state index contributed by atoms with van der Waals surface area (Å²) < 4.78 is 0.625. The number of quaternary nitrogens is 1. The van der Waals surface area contributed by atoms with Crippen molar-refractivity contribution < 1.29 is 21.8 Å². The first-order valence-electron chi connectivity index (χ1n) is 3.16. The van der Waals surface area contributed by atoms with E-state index in [2.05, 4.69) is 5.43 Å². The van der Waals surface area contributed by atoms with Crippen LogP contribution >= 0.6 is 0 Å². The molecule has 1 heterocycles. The predicted molar refractivity (Wildman–Crippen MR) is 34.3 cm³/mol. The molecule has 1 aliphatic heterocycles. The van der Waals surface area contributed by atoms with Crippen molar-refractivity contribution in [3.63, 3.8) is 0 Å². The van der Waals surface area contributed by atoms with E-state index in [1.54, 1.807) is 0 Å². The fraction of sp³-hybridized carbons (Fsp3) is 0.833. The van der Waals surface area contributed by atoms with E-state index in [0.29, 0.717) is 4.59 Å². The molecule has 1 rings (SSSR count). The van der Waals surface area contributed by atoms with Gasteiger partial charge in [-0.25, -0.2) is 10.0 Å². The van der Waals surface area contributed by atoms with Gasteiger partial charge in [-0.15, -0.1) is 0 Å². The van der Waals surface area contributed by atoms with Gasteiger partial charge < -0.3 is 12.4 Å². The Bertz CT molecular complexity index is 147. The van der Waals surface area contributed by atoms with Gasteiger partial charge in [-0.1, -0.05) is 0 Å². The summed E-state index contributed by atoms with van der Waals surface area (Å²) in [5.41, 5.74) is 2.84. The maximum Gasteiger partial charge on any atom is 0.273 e. The number of hydrogen-bond acceptors (Lipinski definition) is 1. The molecule has 1 unspecified atom stereocenters. The molecule has 1 fully saturated rings. The fourth-order valence-corrected chi connectivity index (χ4v) is 1.22. The number of halogens is 1. The summed E-state index contributed by atoms with van der Waals surface area (Å²) in [6.45, 7) is 2.85. The number of nitrogens with one attached hydrogen (secondary N) is 1. The molecule has 1 aliphatic rings. The van der Waals surface area contributed by atoms with Gasteiger partial charge in [0, 0.05) is 0 Å². The maximum atomic E-state index is 10.9. The standard InChI is InChI=1S/C6H12N2O.ClH/c1-5-4-8(2,3)7-6(5)9;/h5H,4H2,1-3H3;1H. The Morgan fingerprint density at radius 3 is 2.20 bits per heavy atom. The zero-order valence-electron chi connectivity index (χ0n) is 6.52. The fourth-order valence-electron chi connectivity index (χ4n) is 1.22. The van der Waals surface area contributed by atoms with Crippen molar-refractivity contribution in [3.8, 4) is 0 Å². The lowest BCUT2D eigenvalue weighted by Crippen LogP contribution is -3.00. The summed E-state index contributed by atoms with van der Waals surface area (Å²) in [6, 6.07) is 0. The minimum atomic E-state index is 0. The average Bonchev–Trinajstić information content (AvgIpc) is 1.79. The Kier molecular flexibility index (Phi) is 2.68. The molecule has 0 aromatic heterocycles. The number of nitrogens with zero attached hydrogens (tertiary/aromatic N) is 1. The number of carbonyl (C=O) groups excluding carboxylic acids is 1. The minimum absolute atomic E-state index is 0. The van der Waals surface area contributed by atoms with E-state index < -0.39 is 0 Å². The second-order valence-corrected chi connectivity index (χ2v) is 3.24. The number of carbonyl (C=O) groups is 1. The second-order valence-electron chi connectivity index (χ2n) is 3.24. The average molecular weight is 165 g/mol. The molecular weight excluding hydrogens is 152 g/mol. The third-order valence-corrected chi connectivity index (χ3v) is 1.59. The van der Waals surface area contributed by atoms with E-state index in [1.807, 2.05) is 21.0 Å². The highest BCUT2D eigenvalue weighted by atomic mass is 35.5.